The van der Waals surface area contributed by atoms with Crippen molar-refractivity contribution < 1.29 is 37.0 Å². The van der Waals surface area contributed by atoms with Gasteiger partial charge in [0.25, 0.3) is 0 Å². The van der Waals surface area contributed by atoms with E-state index in [9.17, 15) is 27.2 Å². The van der Waals surface area contributed by atoms with Crippen molar-refractivity contribution in [2.75, 3.05) is 13.2 Å². The van der Waals surface area contributed by atoms with Crippen LogP contribution in [-0.2, 0) is 9.53 Å². The molecule has 0 aliphatic rings. The molecule has 0 heterocycles. The molecule has 0 bridgehead atoms. The lowest BCUT2D eigenvalue weighted by atomic mass is 9.97. The molecule has 25 heavy (non-hydrogen) atoms. The number of nitrogens with one attached hydrogen (secondary N) is 1. The number of halogens is 4. The number of benzene rings is 1. The number of carbonyl (C=O) groups is 2. The van der Waals surface area contributed by atoms with Crippen LogP contribution in [-0.4, -0.2) is 36.1 Å². The summed E-state index contributed by atoms with van der Waals surface area (Å²) in [6.45, 7) is 3.36. The lowest BCUT2D eigenvalue weighted by Crippen LogP contribution is -2.28. The maximum Gasteiger partial charge on any atom is 0.343 e. The molecule has 0 unspecified atom stereocenters. The van der Waals surface area contributed by atoms with Crippen LogP contribution in [0, 0.1) is 30.2 Å². The fraction of sp³-hybridized carbons (Fsp3) is 0.375. The van der Waals surface area contributed by atoms with E-state index in [-0.39, 0.29) is 13.2 Å². The van der Waals surface area contributed by atoms with E-state index in [1.165, 1.54) is 13.8 Å². The predicted molar refractivity (Wildman–Crippen MR) is 79.7 cm³/mol. The molecule has 0 saturated heterocycles. The van der Waals surface area contributed by atoms with Crippen LogP contribution < -0.4 is 5.32 Å². The van der Waals surface area contributed by atoms with Crippen LogP contribution in [0.5, 0.6) is 0 Å². The summed E-state index contributed by atoms with van der Waals surface area (Å²) in [6.07, 6.45) is 0.846. The molecule has 0 radical (unpaired) electrons. The second-order valence-electron chi connectivity index (χ2n) is 5.11. The highest BCUT2D eigenvalue weighted by Gasteiger charge is 2.31. The predicted octanol–water partition coefficient (Wildman–Crippen LogP) is 2.15. The molecule has 1 aromatic carbocycles. The van der Waals surface area contributed by atoms with Crippen LogP contribution >= 0.6 is 0 Å². The number of rotatable bonds is 7. The Balaban J connectivity index is 3.47. The SMILES string of the molecule is CCOC(=O)C(=CN[C@@H](C)CO)C(=O)c1c(C)c(F)c(F)c(F)c1F. The van der Waals surface area contributed by atoms with E-state index in [2.05, 4.69) is 10.1 Å². The zero-order chi connectivity index (χ0) is 19.3. The topological polar surface area (TPSA) is 75.6 Å². The summed E-state index contributed by atoms with van der Waals surface area (Å²) in [7, 11) is 0. The van der Waals surface area contributed by atoms with Gasteiger partial charge < -0.3 is 15.2 Å². The molecule has 1 aromatic rings. The van der Waals surface area contributed by atoms with Gasteiger partial charge in [-0.15, -0.1) is 0 Å². The van der Waals surface area contributed by atoms with Crippen molar-refractivity contribution in [3.8, 4) is 0 Å². The first-order valence-electron chi connectivity index (χ1n) is 7.28. The molecular weight excluding hydrogens is 346 g/mol. The van der Waals surface area contributed by atoms with Gasteiger partial charge in [-0.3, -0.25) is 4.79 Å². The van der Waals surface area contributed by atoms with Gasteiger partial charge in [-0.2, -0.15) is 0 Å². The molecule has 0 amide bonds. The average molecular weight is 363 g/mol. The molecule has 0 saturated carbocycles. The van der Waals surface area contributed by atoms with Crippen LogP contribution in [0.15, 0.2) is 11.8 Å². The van der Waals surface area contributed by atoms with E-state index in [1.807, 2.05) is 0 Å². The molecule has 5 nitrogen and oxygen atoms in total. The minimum Gasteiger partial charge on any atom is -0.462 e. The minimum absolute atomic E-state index is 0.118. The summed E-state index contributed by atoms with van der Waals surface area (Å²) in [5.41, 5.74) is -2.66. The smallest absolute Gasteiger partial charge is 0.343 e. The highest BCUT2D eigenvalue weighted by Crippen LogP contribution is 2.26. The molecule has 1 rings (SSSR count). The summed E-state index contributed by atoms with van der Waals surface area (Å²) in [5, 5.41) is 11.4. The molecule has 138 valence electrons. The van der Waals surface area contributed by atoms with E-state index in [0.29, 0.717) is 0 Å². The average Bonchev–Trinajstić information content (AvgIpc) is 2.58. The van der Waals surface area contributed by atoms with Crippen molar-refractivity contribution in [3.05, 3.63) is 46.2 Å². The third-order valence-corrected chi connectivity index (χ3v) is 3.25. The maximum absolute atomic E-state index is 14.0. The van der Waals surface area contributed by atoms with Crippen molar-refractivity contribution in [2.45, 2.75) is 26.8 Å². The van der Waals surface area contributed by atoms with Crippen LogP contribution in [0.3, 0.4) is 0 Å². The first-order valence-corrected chi connectivity index (χ1v) is 7.28. The number of ether oxygens (including phenoxy) is 1. The van der Waals surface area contributed by atoms with Gasteiger partial charge in [0.1, 0.15) is 5.57 Å². The van der Waals surface area contributed by atoms with Gasteiger partial charge in [-0.1, -0.05) is 0 Å². The second-order valence-corrected chi connectivity index (χ2v) is 5.11. The number of Topliss-reactive ketones (excluding diaryl/α,β-unsaturated/α-hetero) is 1. The Morgan fingerprint density at radius 3 is 2.24 bits per heavy atom. The third kappa shape index (κ3) is 4.36. The number of ketones is 1. The van der Waals surface area contributed by atoms with E-state index in [0.717, 1.165) is 13.1 Å². The van der Waals surface area contributed by atoms with Crippen molar-refractivity contribution >= 4 is 11.8 Å². The van der Waals surface area contributed by atoms with Gasteiger partial charge >= 0.3 is 5.97 Å². The van der Waals surface area contributed by atoms with Crippen LogP contribution in [0.4, 0.5) is 17.6 Å². The number of esters is 1. The number of hydrogen-bond acceptors (Lipinski definition) is 5. The molecule has 2 N–H and O–H groups in total. The quantitative estimate of drug-likeness (QED) is 0.113. The fourth-order valence-corrected chi connectivity index (χ4v) is 1.85. The zero-order valence-electron chi connectivity index (χ0n) is 13.8. The molecule has 1 atom stereocenters. The summed E-state index contributed by atoms with van der Waals surface area (Å²) < 4.78 is 59.0. The Kier molecular flexibility index (Phi) is 7.10. The van der Waals surface area contributed by atoms with E-state index >= 15 is 0 Å². The summed E-state index contributed by atoms with van der Waals surface area (Å²) in [5.74, 6) is -10.4. The van der Waals surface area contributed by atoms with Gasteiger partial charge in [0.2, 0.25) is 5.78 Å². The maximum atomic E-state index is 14.0. The number of aliphatic hydroxyl groups is 1. The van der Waals surface area contributed by atoms with Gasteiger partial charge in [0, 0.05) is 17.8 Å². The highest BCUT2D eigenvalue weighted by atomic mass is 19.2. The Hall–Kier alpha value is -2.42. The van der Waals surface area contributed by atoms with Crippen LogP contribution in [0.1, 0.15) is 29.8 Å². The molecular formula is C16H17F4NO4. The number of hydrogen-bond donors (Lipinski definition) is 2. The van der Waals surface area contributed by atoms with Crippen molar-refractivity contribution in [3.63, 3.8) is 0 Å². The molecule has 0 aromatic heterocycles. The Bertz CT molecular complexity index is 690. The van der Waals surface area contributed by atoms with Gasteiger partial charge in [-0.05, 0) is 20.8 Å². The Morgan fingerprint density at radius 1 is 1.16 bits per heavy atom. The van der Waals surface area contributed by atoms with Gasteiger partial charge in [0.05, 0.1) is 18.8 Å². The lowest BCUT2D eigenvalue weighted by molar-refractivity contribution is -0.138. The first-order chi connectivity index (χ1) is 11.7. The van der Waals surface area contributed by atoms with Crippen molar-refractivity contribution in [1.82, 2.24) is 5.32 Å². The Morgan fingerprint density at radius 2 is 1.72 bits per heavy atom. The monoisotopic (exact) mass is 363 g/mol. The second kappa shape index (κ2) is 8.61. The summed E-state index contributed by atoms with van der Waals surface area (Å²) >= 11 is 0. The first kappa shape index (κ1) is 20.6. The lowest BCUT2D eigenvalue weighted by Gasteiger charge is -2.13. The molecule has 9 heteroatoms. The van der Waals surface area contributed by atoms with Crippen LogP contribution in [0.25, 0.3) is 0 Å². The van der Waals surface area contributed by atoms with E-state index < -0.39 is 57.8 Å². The molecule has 0 fully saturated rings. The minimum atomic E-state index is -2.16. The number of aliphatic hydroxyl groups excluding tert-OH is 1. The number of carbonyl (C=O) groups excluding carboxylic acids is 2. The van der Waals surface area contributed by atoms with Gasteiger partial charge in [0.15, 0.2) is 23.3 Å². The normalized spacial score (nSPS) is 12.7. The fourth-order valence-electron chi connectivity index (χ4n) is 1.85. The summed E-state index contributed by atoms with van der Waals surface area (Å²) in [4.78, 5) is 24.4. The standard InChI is InChI=1S/C16H17F4NO4/c1-4-25-16(24)9(5-21-7(2)6-22)15(23)10-8(3)11(17)13(19)14(20)12(10)18/h5,7,21-22H,4,6H2,1-3H3/t7-/m0/s1. The molecule has 0 aliphatic heterocycles. The van der Waals surface area contributed by atoms with E-state index in [1.54, 1.807) is 0 Å². The molecule has 0 aliphatic carbocycles. The zero-order valence-corrected chi connectivity index (χ0v) is 13.8. The Labute approximate surface area is 141 Å². The summed E-state index contributed by atoms with van der Waals surface area (Å²) in [6, 6.07) is -0.579. The van der Waals surface area contributed by atoms with E-state index in [4.69, 9.17) is 5.11 Å². The molecule has 0 spiro atoms. The van der Waals surface area contributed by atoms with Crippen molar-refractivity contribution in [1.29, 1.82) is 0 Å². The largest absolute Gasteiger partial charge is 0.462 e. The van der Waals surface area contributed by atoms with Crippen molar-refractivity contribution in [2.24, 2.45) is 0 Å². The third-order valence-electron chi connectivity index (χ3n) is 3.25. The van der Waals surface area contributed by atoms with Crippen LogP contribution in [0.2, 0.25) is 0 Å². The van der Waals surface area contributed by atoms with Gasteiger partial charge in [-0.25, -0.2) is 22.4 Å². The highest BCUT2D eigenvalue weighted by molar-refractivity contribution is 6.24.